The fourth-order valence-corrected chi connectivity index (χ4v) is 3.33. The molecule has 0 aliphatic carbocycles. The highest BCUT2D eigenvalue weighted by Gasteiger charge is 2.23. The summed E-state index contributed by atoms with van der Waals surface area (Å²) < 4.78 is 17.4. The fraction of sp³-hybridized carbons (Fsp3) is 0.947. The molecule has 0 saturated carbocycles. The molecule has 2 fully saturated rings. The van der Waals surface area contributed by atoms with Gasteiger partial charge in [0.15, 0.2) is 5.96 Å². The Labute approximate surface area is 153 Å². The van der Waals surface area contributed by atoms with Crippen LogP contribution in [0, 0.1) is 0 Å². The van der Waals surface area contributed by atoms with E-state index < -0.39 is 0 Å². The molecule has 0 amide bonds. The second-order valence-electron chi connectivity index (χ2n) is 6.95. The number of nitrogens with zero attached hydrogens (tertiary/aromatic N) is 2. The Bertz CT molecular complexity index is 365. The molecular weight excluding hydrogens is 318 g/mol. The zero-order valence-electron chi connectivity index (χ0n) is 16.2. The van der Waals surface area contributed by atoms with Gasteiger partial charge in [0.25, 0.3) is 0 Å². The predicted octanol–water partition coefficient (Wildman–Crippen LogP) is 2.43. The summed E-state index contributed by atoms with van der Waals surface area (Å²) in [5.41, 5.74) is 0. The lowest BCUT2D eigenvalue weighted by atomic mass is 10.1. The smallest absolute Gasteiger partial charge is 0.193 e. The molecule has 2 rings (SSSR count). The van der Waals surface area contributed by atoms with Crippen molar-refractivity contribution in [3.8, 4) is 0 Å². The van der Waals surface area contributed by atoms with Crippen LogP contribution in [0.4, 0.5) is 0 Å². The molecule has 0 aromatic heterocycles. The number of hydrogen-bond acceptors (Lipinski definition) is 4. The number of guanidine groups is 1. The maximum atomic E-state index is 6.09. The van der Waals surface area contributed by atoms with E-state index in [1.165, 1.54) is 19.3 Å². The highest BCUT2D eigenvalue weighted by atomic mass is 16.5. The van der Waals surface area contributed by atoms with E-state index in [1.807, 2.05) is 7.05 Å². The van der Waals surface area contributed by atoms with Gasteiger partial charge < -0.3 is 24.4 Å². The lowest BCUT2D eigenvalue weighted by Crippen LogP contribution is -2.48. The summed E-state index contributed by atoms with van der Waals surface area (Å²) in [5, 5.41) is 3.40. The molecule has 1 atom stereocenters. The van der Waals surface area contributed by atoms with Crippen LogP contribution in [-0.2, 0) is 14.2 Å². The van der Waals surface area contributed by atoms with Crippen molar-refractivity contribution in [2.24, 2.45) is 4.99 Å². The van der Waals surface area contributed by atoms with Crippen molar-refractivity contribution in [1.29, 1.82) is 0 Å². The largest absolute Gasteiger partial charge is 0.380 e. The van der Waals surface area contributed by atoms with Crippen LogP contribution >= 0.6 is 0 Å². The van der Waals surface area contributed by atoms with Crippen LogP contribution in [0.5, 0.6) is 0 Å². The lowest BCUT2D eigenvalue weighted by Gasteiger charge is -2.35. The zero-order valence-corrected chi connectivity index (χ0v) is 16.2. The number of aliphatic imine (C=N–C) groups is 1. The van der Waals surface area contributed by atoms with E-state index in [0.717, 1.165) is 77.7 Å². The number of ether oxygens (including phenoxy) is 3. The Morgan fingerprint density at radius 1 is 1.20 bits per heavy atom. The van der Waals surface area contributed by atoms with Gasteiger partial charge in [-0.05, 0) is 38.5 Å². The molecule has 0 aromatic rings. The maximum Gasteiger partial charge on any atom is 0.193 e. The third-order valence-corrected chi connectivity index (χ3v) is 4.92. The van der Waals surface area contributed by atoms with Crippen molar-refractivity contribution in [3.63, 3.8) is 0 Å². The molecule has 1 N–H and O–H groups in total. The molecule has 2 heterocycles. The topological polar surface area (TPSA) is 55.3 Å². The molecular formula is C19H37N3O3. The van der Waals surface area contributed by atoms with Gasteiger partial charge >= 0.3 is 0 Å². The summed E-state index contributed by atoms with van der Waals surface area (Å²) >= 11 is 0. The minimum Gasteiger partial charge on any atom is -0.380 e. The van der Waals surface area contributed by atoms with Crippen molar-refractivity contribution in [1.82, 2.24) is 10.2 Å². The minimum atomic E-state index is 0.314. The molecule has 6 heteroatoms. The number of likely N-dealkylation sites (tertiary alicyclic amines) is 1. The highest BCUT2D eigenvalue weighted by molar-refractivity contribution is 5.79. The van der Waals surface area contributed by atoms with Crippen molar-refractivity contribution in [2.45, 2.75) is 64.1 Å². The zero-order chi connectivity index (χ0) is 17.7. The Balaban J connectivity index is 1.57. The van der Waals surface area contributed by atoms with Gasteiger partial charge in [0.05, 0.1) is 25.4 Å². The van der Waals surface area contributed by atoms with Crippen LogP contribution in [0.3, 0.4) is 0 Å². The molecule has 25 heavy (non-hydrogen) atoms. The van der Waals surface area contributed by atoms with E-state index in [0.29, 0.717) is 12.2 Å². The average molecular weight is 356 g/mol. The molecule has 0 aromatic carbocycles. The van der Waals surface area contributed by atoms with Crippen LogP contribution in [0.2, 0.25) is 0 Å². The van der Waals surface area contributed by atoms with Gasteiger partial charge in [0.2, 0.25) is 0 Å². The van der Waals surface area contributed by atoms with Gasteiger partial charge in [-0.2, -0.15) is 0 Å². The minimum absolute atomic E-state index is 0.314. The van der Waals surface area contributed by atoms with Crippen molar-refractivity contribution >= 4 is 5.96 Å². The molecule has 2 aliphatic rings. The standard InChI is InChI=1S/C19H37N3O3/c1-3-4-13-23-15-10-21-19(20-2)22-11-8-17(9-12-22)25-16-18-7-5-6-14-24-18/h17-18H,3-16H2,1-2H3,(H,20,21). The summed E-state index contributed by atoms with van der Waals surface area (Å²) in [6.07, 6.45) is 8.72. The van der Waals surface area contributed by atoms with E-state index in [1.54, 1.807) is 0 Å². The molecule has 1 unspecified atom stereocenters. The van der Waals surface area contributed by atoms with Crippen LogP contribution < -0.4 is 5.32 Å². The second kappa shape index (κ2) is 12.5. The van der Waals surface area contributed by atoms with Gasteiger partial charge in [0.1, 0.15) is 0 Å². The summed E-state index contributed by atoms with van der Waals surface area (Å²) in [4.78, 5) is 6.73. The van der Waals surface area contributed by atoms with E-state index in [-0.39, 0.29) is 0 Å². The summed E-state index contributed by atoms with van der Waals surface area (Å²) in [7, 11) is 1.85. The van der Waals surface area contributed by atoms with Crippen molar-refractivity contribution < 1.29 is 14.2 Å². The lowest BCUT2D eigenvalue weighted by molar-refractivity contribution is -0.0721. The molecule has 0 radical (unpaired) electrons. The Kier molecular flexibility index (Phi) is 10.2. The predicted molar refractivity (Wildman–Crippen MR) is 101 cm³/mol. The summed E-state index contributed by atoms with van der Waals surface area (Å²) in [6.45, 7) is 8.22. The van der Waals surface area contributed by atoms with Crippen molar-refractivity contribution in [3.05, 3.63) is 0 Å². The first-order chi connectivity index (χ1) is 12.3. The first kappa shape index (κ1) is 20.5. The SMILES string of the molecule is CCCCOCCNC(=NC)N1CCC(OCC2CCCCO2)CC1. The van der Waals surface area contributed by atoms with Gasteiger partial charge in [-0.1, -0.05) is 13.3 Å². The Hall–Kier alpha value is -0.850. The third-order valence-electron chi connectivity index (χ3n) is 4.92. The van der Waals surface area contributed by atoms with Crippen LogP contribution in [0.15, 0.2) is 4.99 Å². The average Bonchev–Trinajstić information content (AvgIpc) is 2.67. The van der Waals surface area contributed by atoms with Gasteiger partial charge in [0, 0.05) is 39.9 Å². The van der Waals surface area contributed by atoms with E-state index in [4.69, 9.17) is 14.2 Å². The monoisotopic (exact) mass is 355 g/mol. The number of nitrogens with one attached hydrogen (secondary N) is 1. The quantitative estimate of drug-likeness (QED) is 0.391. The number of rotatable bonds is 9. The Morgan fingerprint density at radius 2 is 2.04 bits per heavy atom. The van der Waals surface area contributed by atoms with Gasteiger partial charge in [-0.25, -0.2) is 0 Å². The van der Waals surface area contributed by atoms with E-state index in [2.05, 4.69) is 22.1 Å². The van der Waals surface area contributed by atoms with E-state index in [9.17, 15) is 0 Å². The fourth-order valence-electron chi connectivity index (χ4n) is 3.33. The molecule has 6 nitrogen and oxygen atoms in total. The number of hydrogen-bond donors (Lipinski definition) is 1. The first-order valence-corrected chi connectivity index (χ1v) is 10.1. The van der Waals surface area contributed by atoms with Gasteiger partial charge in [-0.15, -0.1) is 0 Å². The molecule has 2 aliphatic heterocycles. The van der Waals surface area contributed by atoms with Crippen molar-refractivity contribution in [2.75, 3.05) is 53.1 Å². The normalized spacial score (nSPS) is 23.0. The maximum absolute atomic E-state index is 6.09. The summed E-state index contributed by atoms with van der Waals surface area (Å²) in [6, 6.07) is 0. The van der Waals surface area contributed by atoms with Gasteiger partial charge in [-0.3, -0.25) is 4.99 Å². The summed E-state index contributed by atoms with van der Waals surface area (Å²) in [5.74, 6) is 0.980. The number of unbranched alkanes of at least 4 members (excludes halogenated alkanes) is 1. The molecule has 0 spiro atoms. The van der Waals surface area contributed by atoms with Crippen LogP contribution in [0.25, 0.3) is 0 Å². The Morgan fingerprint density at radius 3 is 2.72 bits per heavy atom. The highest BCUT2D eigenvalue weighted by Crippen LogP contribution is 2.17. The first-order valence-electron chi connectivity index (χ1n) is 10.1. The number of piperidine rings is 1. The second-order valence-corrected chi connectivity index (χ2v) is 6.95. The van der Waals surface area contributed by atoms with Crippen LogP contribution in [-0.4, -0.2) is 76.2 Å². The van der Waals surface area contributed by atoms with E-state index >= 15 is 0 Å². The van der Waals surface area contributed by atoms with Crippen LogP contribution in [0.1, 0.15) is 51.9 Å². The molecule has 146 valence electrons. The third kappa shape index (κ3) is 7.92. The molecule has 2 saturated heterocycles. The molecule has 0 bridgehead atoms.